The lowest BCUT2D eigenvalue weighted by atomic mass is 10.0. The summed E-state index contributed by atoms with van der Waals surface area (Å²) >= 11 is 0. The van der Waals surface area contributed by atoms with E-state index >= 15 is 0 Å². The molecule has 2 saturated heterocycles. The highest BCUT2D eigenvalue weighted by atomic mass is 16.2. The quantitative estimate of drug-likeness (QED) is 0.298. The Morgan fingerprint density at radius 1 is 1.05 bits per heavy atom. The normalized spacial score (nSPS) is 20.0. The Morgan fingerprint density at radius 2 is 1.81 bits per heavy atom. The Labute approximate surface area is 253 Å². The van der Waals surface area contributed by atoms with Crippen molar-refractivity contribution in [2.24, 2.45) is 0 Å². The van der Waals surface area contributed by atoms with Crippen LogP contribution in [0.5, 0.6) is 0 Å². The van der Waals surface area contributed by atoms with Crippen LogP contribution in [-0.2, 0) is 4.79 Å². The molecule has 0 saturated carbocycles. The van der Waals surface area contributed by atoms with Gasteiger partial charge in [-0.05, 0) is 94.4 Å². The molecule has 8 heteroatoms. The monoisotopic (exact) mass is 579 g/mol. The topological polar surface area (TPSA) is 97.5 Å². The molecule has 2 fully saturated rings. The first kappa shape index (κ1) is 28.9. The molecule has 3 aromatic rings. The molecule has 2 aromatic carbocycles. The number of hydrogen-bond acceptors (Lipinski definition) is 4. The van der Waals surface area contributed by atoms with Gasteiger partial charge in [0, 0.05) is 47.3 Å². The van der Waals surface area contributed by atoms with Crippen LogP contribution in [0.4, 0.5) is 5.69 Å². The highest BCUT2D eigenvalue weighted by molar-refractivity contribution is 6.35. The molecule has 224 valence electrons. The molecule has 3 aliphatic heterocycles. The molecule has 4 heterocycles. The van der Waals surface area contributed by atoms with Gasteiger partial charge in [-0.2, -0.15) is 0 Å². The van der Waals surface area contributed by atoms with E-state index in [0.29, 0.717) is 28.0 Å². The summed E-state index contributed by atoms with van der Waals surface area (Å²) in [6.07, 6.45) is 7.12. The summed E-state index contributed by atoms with van der Waals surface area (Å²) in [7, 11) is 0. The Hall–Kier alpha value is -4.17. The lowest BCUT2D eigenvalue weighted by Crippen LogP contribution is -2.42. The van der Waals surface area contributed by atoms with Crippen molar-refractivity contribution in [2.45, 2.75) is 65.0 Å². The molecule has 8 nitrogen and oxygen atoms in total. The van der Waals surface area contributed by atoms with Crippen LogP contribution in [0.2, 0.25) is 0 Å². The molecule has 0 aliphatic carbocycles. The molecule has 2 atom stereocenters. The second-order valence-corrected chi connectivity index (χ2v) is 12.1. The molecule has 0 bridgehead atoms. The smallest absolute Gasteiger partial charge is 0.256 e. The van der Waals surface area contributed by atoms with E-state index in [1.165, 1.54) is 12.8 Å². The standard InChI is InChI=1S/C35H41N5O3/c1-4-29(24-11-6-5-7-12-24)37-33(41)25-14-15-30-27(19-25)28(34(42)38-30)20-31-22(2)32(23(3)36-31)35(43)40-18-10-13-26(40)21-39-16-8-9-17-39/h5-7,11-12,14-15,19-20,26,29,36H,4,8-10,13,16-18,21H2,1-3H3,(H,37,41)(H,38,42)/b28-20-/t26-,29+/m0/s1. The van der Waals surface area contributed by atoms with Crippen molar-refractivity contribution in [3.8, 4) is 0 Å². The third-order valence-corrected chi connectivity index (χ3v) is 9.26. The summed E-state index contributed by atoms with van der Waals surface area (Å²) in [6, 6.07) is 15.3. The number of carbonyl (C=O) groups is 3. The Kier molecular flexibility index (Phi) is 8.21. The van der Waals surface area contributed by atoms with Gasteiger partial charge >= 0.3 is 0 Å². The highest BCUT2D eigenvalue weighted by Gasteiger charge is 2.34. The van der Waals surface area contributed by atoms with Gasteiger partial charge in [-0.3, -0.25) is 14.4 Å². The predicted octanol–water partition coefficient (Wildman–Crippen LogP) is 5.71. The number of H-pyrrole nitrogens is 1. The SMILES string of the molecule is CC[C@@H](NC(=O)c1ccc2c(c1)/C(=C/c1[nH]c(C)c(C(=O)N3CCC[C@H]3CN3CCCC3)c1C)C(=O)N2)c1ccccc1. The van der Waals surface area contributed by atoms with Gasteiger partial charge in [0.1, 0.15) is 0 Å². The van der Waals surface area contributed by atoms with Gasteiger partial charge in [0.05, 0.1) is 17.2 Å². The second kappa shape index (κ2) is 12.2. The summed E-state index contributed by atoms with van der Waals surface area (Å²) in [6.45, 7) is 9.89. The number of fused-ring (bicyclic) bond motifs is 1. The van der Waals surface area contributed by atoms with Crippen LogP contribution in [-0.4, -0.2) is 64.7 Å². The van der Waals surface area contributed by atoms with Crippen molar-refractivity contribution >= 4 is 35.1 Å². The van der Waals surface area contributed by atoms with Crippen LogP contribution in [0, 0.1) is 13.8 Å². The molecule has 1 aromatic heterocycles. The molecule has 6 rings (SSSR count). The largest absolute Gasteiger partial charge is 0.358 e. The zero-order chi connectivity index (χ0) is 30.1. The molecule has 0 spiro atoms. The third-order valence-electron chi connectivity index (χ3n) is 9.26. The Balaban J connectivity index is 1.24. The molecular formula is C35H41N5O3. The fourth-order valence-electron chi connectivity index (χ4n) is 6.90. The Bertz CT molecular complexity index is 1570. The minimum Gasteiger partial charge on any atom is -0.358 e. The maximum absolute atomic E-state index is 13.9. The lowest BCUT2D eigenvalue weighted by molar-refractivity contribution is -0.110. The third kappa shape index (κ3) is 5.76. The molecule has 0 radical (unpaired) electrons. The number of carbonyl (C=O) groups excluding carboxylic acids is 3. The zero-order valence-electron chi connectivity index (χ0n) is 25.3. The van der Waals surface area contributed by atoms with Crippen molar-refractivity contribution in [3.05, 3.63) is 87.7 Å². The number of benzene rings is 2. The van der Waals surface area contributed by atoms with Crippen LogP contribution in [0.25, 0.3) is 11.6 Å². The van der Waals surface area contributed by atoms with Crippen LogP contribution < -0.4 is 10.6 Å². The molecule has 43 heavy (non-hydrogen) atoms. The van der Waals surface area contributed by atoms with Gasteiger partial charge in [-0.1, -0.05) is 37.3 Å². The summed E-state index contributed by atoms with van der Waals surface area (Å²) in [5.41, 5.74) is 6.43. The number of likely N-dealkylation sites (tertiary alicyclic amines) is 2. The number of rotatable bonds is 8. The second-order valence-electron chi connectivity index (χ2n) is 12.1. The van der Waals surface area contributed by atoms with Gasteiger partial charge in [0.25, 0.3) is 17.7 Å². The van der Waals surface area contributed by atoms with Crippen molar-refractivity contribution in [2.75, 3.05) is 31.5 Å². The number of nitrogens with one attached hydrogen (secondary N) is 3. The number of aromatic nitrogens is 1. The summed E-state index contributed by atoms with van der Waals surface area (Å²) in [5, 5.41) is 6.06. The van der Waals surface area contributed by atoms with E-state index in [4.69, 9.17) is 0 Å². The van der Waals surface area contributed by atoms with Crippen molar-refractivity contribution in [1.29, 1.82) is 0 Å². The van der Waals surface area contributed by atoms with Gasteiger partial charge in [-0.15, -0.1) is 0 Å². The van der Waals surface area contributed by atoms with E-state index in [1.807, 2.05) is 57.2 Å². The number of hydrogen-bond donors (Lipinski definition) is 3. The number of anilines is 1. The van der Waals surface area contributed by atoms with Crippen LogP contribution in [0.3, 0.4) is 0 Å². The van der Waals surface area contributed by atoms with Gasteiger partial charge in [-0.25, -0.2) is 0 Å². The van der Waals surface area contributed by atoms with Crippen molar-refractivity contribution in [3.63, 3.8) is 0 Å². The summed E-state index contributed by atoms with van der Waals surface area (Å²) < 4.78 is 0. The minimum atomic E-state index is -0.229. The van der Waals surface area contributed by atoms with Crippen LogP contribution >= 0.6 is 0 Å². The van der Waals surface area contributed by atoms with E-state index < -0.39 is 0 Å². The van der Waals surface area contributed by atoms with Crippen LogP contribution in [0.15, 0.2) is 48.5 Å². The van der Waals surface area contributed by atoms with Gasteiger partial charge in [0.2, 0.25) is 0 Å². The van der Waals surface area contributed by atoms with Crippen molar-refractivity contribution < 1.29 is 14.4 Å². The number of amides is 3. The average Bonchev–Trinajstić information content (AvgIpc) is 3.81. The molecular weight excluding hydrogens is 538 g/mol. The van der Waals surface area contributed by atoms with E-state index in [9.17, 15) is 14.4 Å². The number of nitrogens with zero attached hydrogens (tertiary/aromatic N) is 2. The first-order valence-corrected chi connectivity index (χ1v) is 15.6. The summed E-state index contributed by atoms with van der Waals surface area (Å²) in [5.74, 6) is -0.351. The van der Waals surface area contributed by atoms with Crippen molar-refractivity contribution in [1.82, 2.24) is 20.1 Å². The number of aromatic amines is 1. The molecule has 0 unspecified atom stereocenters. The molecule has 3 aliphatic rings. The zero-order valence-corrected chi connectivity index (χ0v) is 25.3. The summed E-state index contributed by atoms with van der Waals surface area (Å²) in [4.78, 5) is 48.2. The predicted molar refractivity (Wildman–Crippen MR) is 170 cm³/mol. The average molecular weight is 580 g/mol. The van der Waals surface area contributed by atoms with E-state index in [2.05, 4.69) is 25.4 Å². The van der Waals surface area contributed by atoms with E-state index in [-0.39, 0.29) is 29.8 Å². The fourth-order valence-corrected chi connectivity index (χ4v) is 6.90. The van der Waals surface area contributed by atoms with E-state index in [1.54, 1.807) is 18.2 Å². The highest BCUT2D eigenvalue weighted by Crippen LogP contribution is 2.35. The Morgan fingerprint density at radius 3 is 2.56 bits per heavy atom. The van der Waals surface area contributed by atoms with Crippen LogP contribution in [0.1, 0.15) is 93.9 Å². The molecule has 3 amide bonds. The lowest BCUT2D eigenvalue weighted by Gasteiger charge is -2.28. The fraction of sp³-hybridized carbons (Fsp3) is 0.400. The molecule has 3 N–H and O–H groups in total. The van der Waals surface area contributed by atoms with E-state index in [0.717, 1.165) is 68.0 Å². The maximum Gasteiger partial charge on any atom is 0.256 e. The van der Waals surface area contributed by atoms with Gasteiger partial charge < -0.3 is 25.4 Å². The van der Waals surface area contributed by atoms with Gasteiger partial charge in [0.15, 0.2) is 0 Å². The maximum atomic E-state index is 13.9. The minimum absolute atomic E-state index is 0.0664. The number of aryl methyl sites for hydroxylation is 1. The first-order chi connectivity index (χ1) is 20.8. The first-order valence-electron chi connectivity index (χ1n) is 15.6.